The van der Waals surface area contributed by atoms with Crippen molar-refractivity contribution in [2.75, 3.05) is 142 Å². The van der Waals surface area contributed by atoms with Crippen molar-refractivity contribution in [2.45, 2.75) is 79.4 Å². The zero-order valence-corrected chi connectivity index (χ0v) is 78.6. The van der Waals surface area contributed by atoms with Gasteiger partial charge in [0, 0.05) is 174 Å². The molecule has 2 heterocycles. The number of aliphatic hydroxyl groups excluding tert-OH is 2. The number of benzene rings is 7. The van der Waals surface area contributed by atoms with Gasteiger partial charge in [-0.1, -0.05) is 206 Å². The molecule has 0 bridgehead atoms. The summed E-state index contributed by atoms with van der Waals surface area (Å²) in [4.78, 5) is 15.6. The van der Waals surface area contributed by atoms with E-state index in [0.717, 1.165) is 122 Å². The van der Waals surface area contributed by atoms with Crippen molar-refractivity contribution < 1.29 is 10.2 Å². The molecule has 0 spiro atoms. The summed E-state index contributed by atoms with van der Waals surface area (Å²) in [5.41, 5.74) is 19.6. The molecule has 18 nitrogen and oxygen atoms in total. The first kappa shape index (κ1) is 98.2. The van der Waals surface area contributed by atoms with Crippen LogP contribution in [0.4, 0.5) is 34.1 Å². The van der Waals surface area contributed by atoms with E-state index in [2.05, 4.69) is 358 Å². The van der Waals surface area contributed by atoms with Crippen molar-refractivity contribution in [3.8, 4) is 12.0 Å². The van der Waals surface area contributed by atoms with Crippen LogP contribution in [0.5, 0.6) is 0 Å². The second-order valence-corrected chi connectivity index (χ2v) is 37.3. The van der Waals surface area contributed by atoms with Gasteiger partial charge in [0.1, 0.15) is 13.8 Å². The first-order chi connectivity index (χ1) is 50.1. The van der Waals surface area contributed by atoms with Crippen LogP contribution in [0.3, 0.4) is 0 Å². The Hall–Kier alpha value is -4.84. The third-order valence-electron chi connectivity index (χ3n) is 14.4. The van der Waals surface area contributed by atoms with Gasteiger partial charge in [-0.05, 0) is 208 Å². The van der Waals surface area contributed by atoms with Gasteiger partial charge in [0.25, 0.3) is 0 Å². The summed E-state index contributed by atoms with van der Waals surface area (Å²) >= 11 is 29.5. The Balaban J connectivity index is 0.000000604. The van der Waals surface area contributed by atoms with Gasteiger partial charge in [-0.15, -0.1) is 22.2 Å². The molecule has 105 heavy (non-hydrogen) atoms. The molecule has 0 saturated carbocycles. The molecule has 0 fully saturated rings. The van der Waals surface area contributed by atoms with Crippen molar-refractivity contribution in [3.05, 3.63) is 240 Å². The van der Waals surface area contributed by atoms with Crippen molar-refractivity contribution in [1.82, 2.24) is 35.3 Å². The summed E-state index contributed by atoms with van der Waals surface area (Å²) in [5, 5.41) is 40.1. The van der Waals surface area contributed by atoms with E-state index in [4.69, 9.17) is 22.2 Å². The maximum absolute atomic E-state index is 8.90. The normalized spacial score (nSPS) is 9.97. The highest BCUT2D eigenvalue weighted by molar-refractivity contribution is 14.1. The van der Waals surface area contributed by atoms with Gasteiger partial charge in [-0.2, -0.15) is 0 Å². The number of aryl methyl sites for hydroxylation is 1. The topological polar surface area (TPSA) is 182 Å². The van der Waals surface area contributed by atoms with Crippen molar-refractivity contribution >= 4 is 192 Å². The van der Waals surface area contributed by atoms with Crippen LogP contribution < -0.4 is 34.7 Å². The van der Waals surface area contributed by atoms with Crippen LogP contribution in [-0.2, 0) is 26.1 Å². The Kier molecular flexibility index (Phi) is 55.2. The summed E-state index contributed by atoms with van der Waals surface area (Å²) in [6.07, 6.45) is 12.2. The number of anilines is 6. The van der Waals surface area contributed by atoms with Crippen LogP contribution >= 0.6 is 150 Å². The Morgan fingerprint density at radius 2 is 0.743 bits per heavy atom. The lowest BCUT2D eigenvalue weighted by atomic mass is 10.3. The number of azide groups is 1. The Bertz CT molecular complexity index is 3500. The zero-order valence-electron chi connectivity index (χ0n) is 62.7. The van der Waals surface area contributed by atoms with E-state index in [0.29, 0.717) is 18.8 Å². The number of nitrogens with zero attached hydrogens (tertiary/aromatic N) is 15. The van der Waals surface area contributed by atoms with E-state index < -0.39 is 8.07 Å². The van der Waals surface area contributed by atoms with Crippen LogP contribution in [0.2, 0.25) is 19.6 Å². The largest absolute Gasteiger partial charge is 0.395 e. The van der Waals surface area contributed by atoms with Gasteiger partial charge < -0.3 is 44.9 Å². The highest BCUT2D eigenvalue weighted by atomic mass is 127. The number of hydrogen-bond donors (Lipinski definition) is 3. The fraction of sp³-hybridized carbons (Fsp3) is 0.377. The molecular formula is C77H105Br8IN16O2Si. The van der Waals surface area contributed by atoms with Crippen molar-refractivity contribution in [3.63, 3.8) is 0 Å². The molecule has 0 aliphatic heterocycles. The summed E-state index contributed by atoms with van der Waals surface area (Å²) in [7, 11) is 13.1. The van der Waals surface area contributed by atoms with Gasteiger partial charge in [0.15, 0.2) is 0 Å². The number of aromatic nitrogens is 6. The van der Waals surface area contributed by atoms with Gasteiger partial charge in [-0.3, -0.25) is 9.36 Å². The first-order valence-corrected chi connectivity index (χ1v) is 45.4. The van der Waals surface area contributed by atoms with Crippen molar-refractivity contribution in [2.24, 2.45) is 5.11 Å². The predicted molar refractivity (Wildman–Crippen MR) is 488 cm³/mol. The minimum Gasteiger partial charge on any atom is -0.395 e. The standard InChI is InChI=1S/C13H17BrN4.C12H15BrN4O.C10H14BrN.C9H11BrIN.C9H11BrN4.C9H12BrNO.C6H4Br2.C5H10Si.C4H11N/c1-3-12-10-18(16-15-12)9-8-17(2)13-6-4-11(14)5-7-13;1-16(12-4-2-10(13)3-5-12)6-7-17-8-11(9-18)14-15-17;1-3-8-12(2)10-6-4-9(11)5-7-10;1-12(7-6-11)9-4-2-8(10)3-5-9;1-14(7-6-12-13-11)9-4-2-8(10)3-5-9;1-11(6-7-12)9-4-2-8(10)3-5-9;7-5-1-2-6(8)4-3-5;1-5-6(2,3)4;1-3-4-5-2/h4-7,10H,3,8-9H2,1-2H3;2-5,8,18H,6-7,9H2,1H3;4-7H,3,8H2,1-2H3;2-5H,6-7H2,1H3;2-5H,6-7H2,1H3;2-5,12H,6-7H2,1H3;1-4H;1H,2-4H3;5H,3-4H2,1-2H3. The molecule has 0 aliphatic rings. The quantitative estimate of drug-likeness (QED) is 0.00936. The van der Waals surface area contributed by atoms with Gasteiger partial charge in [0.2, 0.25) is 0 Å². The van der Waals surface area contributed by atoms with E-state index >= 15 is 0 Å². The second kappa shape index (κ2) is 59.1. The molecular weight excluding hydrogens is 1980 g/mol. The molecule has 0 unspecified atom stereocenters. The minimum absolute atomic E-state index is 0.0669. The Morgan fingerprint density at radius 1 is 0.467 bits per heavy atom. The maximum atomic E-state index is 8.90. The lowest BCUT2D eigenvalue weighted by Crippen LogP contribution is -2.22. The summed E-state index contributed by atoms with van der Waals surface area (Å²) in [5.74, 6) is 0. The van der Waals surface area contributed by atoms with Crippen LogP contribution in [0.1, 0.15) is 45.0 Å². The van der Waals surface area contributed by atoms with E-state index in [1.807, 2.05) is 134 Å². The third kappa shape index (κ3) is 47.6. The number of nitrogens with one attached hydrogen (secondary N) is 1. The van der Waals surface area contributed by atoms with Crippen LogP contribution in [-0.4, -0.2) is 161 Å². The van der Waals surface area contributed by atoms with Gasteiger partial charge in [-0.25, -0.2) is 0 Å². The number of rotatable bonds is 25. The Labute approximate surface area is 708 Å². The lowest BCUT2D eigenvalue weighted by molar-refractivity contribution is 0.276. The summed E-state index contributed by atoms with van der Waals surface area (Å²) in [6, 6.07) is 57.2. The van der Waals surface area contributed by atoms with Crippen LogP contribution in [0.15, 0.2) is 223 Å². The molecule has 9 aromatic rings. The van der Waals surface area contributed by atoms with Gasteiger partial charge in [0.05, 0.1) is 38.2 Å². The van der Waals surface area contributed by atoms with E-state index in [9.17, 15) is 0 Å². The molecule has 9 rings (SSSR count). The molecule has 0 atom stereocenters. The number of hydrogen-bond acceptors (Lipinski definition) is 14. The molecule has 0 radical (unpaired) electrons. The monoisotopic (exact) mass is 2070 g/mol. The summed E-state index contributed by atoms with van der Waals surface area (Å²) < 4.78 is 13.6. The predicted octanol–water partition coefficient (Wildman–Crippen LogP) is 21.4. The van der Waals surface area contributed by atoms with Crippen LogP contribution in [0.25, 0.3) is 10.4 Å². The SMILES string of the molecule is Brc1ccc(Br)cc1.C#C[Si](C)(C)C.CCCN(C)c1ccc(Br)cc1.CCCNC.CCc1cn(CCN(C)c2ccc(Br)cc2)nn1.CN(CCI)c1ccc(Br)cc1.CN(CCN=[N+]=[N-])c1ccc(Br)cc1.CN(CCO)c1ccc(Br)cc1.CN(CCn1cc(CO)nn1)c1ccc(Br)cc1. The third-order valence-corrected chi connectivity index (χ3v) is 20.0. The van der Waals surface area contributed by atoms with E-state index in [-0.39, 0.29) is 13.2 Å². The first-order valence-electron chi connectivity index (χ1n) is 34.0. The average Bonchev–Trinajstić information content (AvgIpc) is 1.28. The molecule has 0 saturated heterocycles. The number of aliphatic hydroxyl groups is 2. The number of terminal acetylenes is 1. The fourth-order valence-electron chi connectivity index (χ4n) is 8.11. The molecule has 7 aromatic carbocycles. The van der Waals surface area contributed by atoms with E-state index in [1.165, 1.54) is 29.9 Å². The average molecular weight is 2080 g/mol. The van der Waals surface area contributed by atoms with Gasteiger partial charge >= 0.3 is 0 Å². The summed E-state index contributed by atoms with van der Waals surface area (Å²) in [6.45, 7) is 21.5. The molecule has 0 amide bonds. The Morgan fingerprint density at radius 3 is 0.971 bits per heavy atom. The number of halogens is 9. The number of alkyl halides is 1. The molecule has 0 aliphatic carbocycles. The van der Waals surface area contributed by atoms with E-state index in [1.54, 1.807) is 10.9 Å². The molecule has 3 N–H and O–H groups in total. The lowest BCUT2D eigenvalue weighted by Gasteiger charge is -2.19. The highest BCUT2D eigenvalue weighted by Crippen LogP contribution is 2.23. The zero-order chi connectivity index (χ0) is 78.5. The maximum Gasteiger partial charge on any atom is 0.128 e. The fourth-order valence-corrected chi connectivity index (χ4v) is 11.0. The highest BCUT2D eigenvalue weighted by Gasteiger charge is 2.08. The minimum atomic E-state index is -1.10. The number of likely N-dealkylation sites (N-methyl/N-ethyl adjacent to an activating group) is 4. The van der Waals surface area contributed by atoms with Crippen LogP contribution in [0, 0.1) is 12.0 Å². The van der Waals surface area contributed by atoms with Crippen molar-refractivity contribution in [1.29, 1.82) is 0 Å². The second-order valence-electron chi connectivity index (χ2n) is 24.1. The molecule has 572 valence electrons. The molecule has 2 aromatic heterocycles. The smallest absolute Gasteiger partial charge is 0.128 e. The molecule has 28 heteroatoms.